The third-order valence-electron chi connectivity index (χ3n) is 12.5. The van der Waals surface area contributed by atoms with Crippen LogP contribution in [0.1, 0.15) is 86.1 Å². The van der Waals surface area contributed by atoms with Gasteiger partial charge in [0, 0.05) is 49.2 Å². The molecule has 0 N–H and O–H groups in total. The monoisotopic (exact) mass is 758 g/mol. The molecule has 280 valence electrons. The molecule has 0 radical (unpaired) electrons. The maximum absolute atomic E-state index is 5.47. The molecule has 8 aromatic rings. The summed E-state index contributed by atoms with van der Waals surface area (Å²) >= 11 is 1.91. The average Bonchev–Trinajstić information content (AvgIpc) is 3.77. The first-order valence-corrected chi connectivity index (χ1v) is 21.3. The average molecular weight is 759 g/mol. The van der Waals surface area contributed by atoms with Gasteiger partial charge in [0.15, 0.2) is 11.0 Å². The lowest BCUT2D eigenvalue weighted by molar-refractivity contribution is -0.556. The maximum Gasteiger partial charge on any atom is 0.300 e. The number of rotatable bonds is 5. The molecule has 4 heterocycles. The van der Waals surface area contributed by atoms with Gasteiger partial charge in [0.05, 0.1) is 17.3 Å². The van der Waals surface area contributed by atoms with Crippen molar-refractivity contribution in [3.63, 3.8) is 0 Å². The highest BCUT2D eigenvalue weighted by Crippen LogP contribution is 2.45. The second-order valence-electron chi connectivity index (χ2n) is 16.6. The summed E-state index contributed by atoms with van der Waals surface area (Å²) in [5.41, 5.74) is 16.1. The van der Waals surface area contributed by atoms with Crippen molar-refractivity contribution in [1.82, 2.24) is 4.57 Å². The zero-order valence-corrected chi connectivity index (χ0v) is 34.1. The number of hydrogen-bond acceptors (Lipinski definition) is 2. The largest absolute Gasteiger partial charge is 0.300 e. The van der Waals surface area contributed by atoms with Gasteiger partial charge in [0.2, 0.25) is 0 Å². The van der Waals surface area contributed by atoms with E-state index < -0.39 is 0 Å². The second-order valence-corrected chi connectivity index (χ2v) is 17.6. The van der Waals surface area contributed by atoms with Gasteiger partial charge < -0.3 is 0 Å². The van der Waals surface area contributed by atoms with Crippen molar-refractivity contribution in [1.29, 1.82) is 0 Å². The first-order valence-electron chi connectivity index (χ1n) is 20.5. The molecule has 57 heavy (non-hydrogen) atoms. The molecule has 2 aliphatic heterocycles. The van der Waals surface area contributed by atoms with Crippen molar-refractivity contribution in [3.05, 3.63) is 174 Å². The van der Waals surface area contributed by atoms with E-state index in [1.165, 1.54) is 81.7 Å². The molecule has 0 amide bonds. The number of fused-ring (bicyclic) bond motifs is 11. The van der Waals surface area contributed by atoms with E-state index in [9.17, 15) is 0 Å². The molecular weight excluding hydrogens is 711 g/mol. The molecule has 0 fully saturated rings. The second kappa shape index (κ2) is 14.0. The lowest BCUT2D eigenvalue weighted by Gasteiger charge is -2.32. The Labute approximate surface area is 340 Å². The van der Waals surface area contributed by atoms with Crippen LogP contribution >= 0.6 is 11.3 Å². The number of aryl methyl sites for hydroxylation is 1. The molecule has 10 rings (SSSR count). The number of aromatic nitrogens is 2. The Balaban J connectivity index is 1.33. The fraction of sp³-hybridized carbons (Fsp3) is 0.208. The molecule has 0 aliphatic carbocycles. The minimum atomic E-state index is 0.0417. The van der Waals surface area contributed by atoms with Gasteiger partial charge in [-0.15, -0.1) is 11.3 Å². The number of para-hydroxylation sites is 2. The molecule has 3 nitrogen and oxygen atoms in total. The van der Waals surface area contributed by atoms with Crippen LogP contribution in [0, 0.1) is 0 Å². The van der Waals surface area contributed by atoms with Gasteiger partial charge in [-0.25, -0.2) is 0 Å². The van der Waals surface area contributed by atoms with Crippen molar-refractivity contribution in [2.24, 2.45) is 4.99 Å². The molecule has 0 saturated heterocycles. The summed E-state index contributed by atoms with van der Waals surface area (Å²) in [7, 11) is 0. The maximum atomic E-state index is 5.47. The van der Waals surface area contributed by atoms with E-state index in [2.05, 4.69) is 171 Å². The Hall–Kier alpha value is -5.84. The summed E-state index contributed by atoms with van der Waals surface area (Å²) in [5.74, 6) is 1.99. The quantitative estimate of drug-likeness (QED) is 0.156. The number of thiophene rings is 1. The topological polar surface area (TPSA) is 21.2 Å². The third-order valence-corrected chi connectivity index (χ3v) is 13.6. The van der Waals surface area contributed by atoms with Crippen molar-refractivity contribution >= 4 is 54.0 Å². The van der Waals surface area contributed by atoms with Crippen molar-refractivity contribution < 1.29 is 4.57 Å². The van der Waals surface area contributed by atoms with Crippen molar-refractivity contribution in [3.8, 4) is 28.2 Å². The predicted octanol–water partition coefficient (Wildman–Crippen LogP) is 13.8. The van der Waals surface area contributed by atoms with Crippen LogP contribution in [0.5, 0.6) is 0 Å². The summed E-state index contributed by atoms with van der Waals surface area (Å²) in [4.78, 5) is 5.47. The lowest BCUT2D eigenvalue weighted by Crippen LogP contribution is -2.37. The van der Waals surface area contributed by atoms with Crippen LogP contribution in [0.25, 0.3) is 65.1 Å². The van der Waals surface area contributed by atoms with Gasteiger partial charge in [-0.05, 0) is 95.5 Å². The first-order chi connectivity index (χ1) is 27.8. The molecule has 4 heteroatoms. The van der Waals surface area contributed by atoms with E-state index >= 15 is 0 Å². The number of hydrogen-bond donors (Lipinski definition) is 0. The van der Waals surface area contributed by atoms with Gasteiger partial charge in [-0.3, -0.25) is 4.99 Å². The molecule has 0 bridgehead atoms. The first kappa shape index (κ1) is 35.6. The van der Waals surface area contributed by atoms with Gasteiger partial charge in [-0.1, -0.05) is 126 Å². The minimum Gasteiger partial charge on any atom is -0.280 e. The van der Waals surface area contributed by atoms with E-state index in [-0.39, 0.29) is 23.8 Å². The van der Waals surface area contributed by atoms with Gasteiger partial charge >= 0.3 is 0 Å². The smallest absolute Gasteiger partial charge is 0.280 e. The zero-order valence-electron chi connectivity index (χ0n) is 33.3. The molecule has 2 aliphatic rings. The molecule has 6 aromatic carbocycles. The van der Waals surface area contributed by atoms with Gasteiger partial charge in [-0.2, -0.15) is 9.13 Å². The summed E-state index contributed by atoms with van der Waals surface area (Å²) in [6.07, 6.45) is 4.60. The Morgan fingerprint density at radius 1 is 0.737 bits per heavy atom. The molecule has 0 saturated carbocycles. The van der Waals surface area contributed by atoms with E-state index in [0.29, 0.717) is 0 Å². The van der Waals surface area contributed by atoms with Crippen LogP contribution in [0.4, 0.5) is 0 Å². The number of imidazole rings is 1. The van der Waals surface area contributed by atoms with Gasteiger partial charge in [0.1, 0.15) is 11.4 Å². The Morgan fingerprint density at radius 3 is 2.21 bits per heavy atom. The zero-order chi connectivity index (χ0) is 38.9. The minimum absolute atomic E-state index is 0.0417. The van der Waals surface area contributed by atoms with E-state index in [1.807, 2.05) is 17.4 Å². The third kappa shape index (κ3) is 5.76. The highest BCUT2D eigenvalue weighted by atomic mass is 32.1. The van der Waals surface area contributed by atoms with Crippen LogP contribution in [0.3, 0.4) is 0 Å². The van der Waals surface area contributed by atoms with Crippen LogP contribution in [0.15, 0.2) is 152 Å². The number of benzene rings is 6. The molecular formula is C53H48N3S+. The predicted molar refractivity (Wildman–Crippen MR) is 243 cm³/mol. The van der Waals surface area contributed by atoms with Crippen LogP contribution in [0.2, 0.25) is 0 Å². The fourth-order valence-electron chi connectivity index (χ4n) is 9.74. The van der Waals surface area contributed by atoms with E-state index in [4.69, 9.17) is 11.6 Å². The van der Waals surface area contributed by atoms with Crippen molar-refractivity contribution in [2.75, 3.05) is 0 Å². The summed E-state index contributed by atoms with van der Waals surface area (Å²) in [6, 6.07) is 47.6. The van der Waals surface area contributed by atoms with Crippen LogP contribution in [-0.4, -0.2) is 16.3 Å². The number of nitrogens with zero attached hydrogens (tertiary/aromatic N) is 3. The van der Waals surface area contributed by atoms with Crippen LogP contribution in [-0.2, 0) is 6.42 Å². The summed E-state index contributed by atoms with van der Waals surface area (Å²) in [6.45, 7) is 18.6. The van der Waals surface area contributed by atoms with E-state index in [0.717, 1.165) is 36.2 Å². The standard InChI is InChI=1S/C53H48N3S/c1-7-46-39-20-12-11-19-38(39)40-26-25-36-30-51-45(41-21-13-16-24-50(41)57-51)31-44(36)53-55(34(6)27-47(40)54-46)48-22-14-15-23-49(48)56(53)52-42(32(2)3)28-37(29-43(52)33(4)5)35-17-9-8-10-18-35/h7-24,28-33,40,47H,1,6,25-27H2,2-5H3/q+1. The highest BCUT2D eigenvalue weighted by molar-refractivity contribution is 7.25. The number of aliphatic imine (C=N–C) groups is 1. The lowest BCUT2D eigenvalue weighted by atomic mass is 9.78. The SMILES string of the molecule is C=CC1=NC2CC(=C)n3c([n+](-c4c(C(C)C)cc(-c5ccccc5)cc4C(C)C)c4ccccc43)-c3cc4c(cc3CCC2c2ccccc21)sc1ccccc14. The van der Waals surface area contributed by atoms with Crippen molar-refractivity contribution in [2.45, 2.75) is 70.8 Å². The molecule has 2 unspecified atom stereocenters. The van der Waals surface area contributed by atoms with Crippen LogP contribution < -0.4 is 4.57 Å². The number of allylic oxidation sites excluding steroid dienone is 1. The molecule has 2 atom stereocenters. The van der Waals surface area contributed by atoms with Gasteiger partial charge in [0.25, 0.3) is 5.82 Å². The normalized spacial score (nSPS) is 16.7. The molecule has 0 spiro atoms. The summed E-state index contributed by atoms with van der Waals surface area (Å²) in [5, 5.41) is 2.63. The Bertz CT molecular complexity index is 2910. The molecule has 2 aromatic heterocycles. The summed E-state index contributed by atoms with van der Waals surface area (Å²) < 4.78 is 7.78. The Kier molecular flexibility index (Phi) is 8.72. The highest BCUT2D eigenvalue weighted by Gasteiger charge is 2.39. The van der Waals surface area contributed by atoms with E-state index in [1.54, 1.807) is 0 Å². The Morgan fingerprint density at radius 2 is 1.44 bits per heavy atom. The fourth-order valence-corrected chi connectivity index (χ4v) is 10.9.